The third-order valence-corrected chi connectivity index (χ3v) is 7.63. The van der Waals surface area contributed by atoms with Crippen LogP contribution in [0.1, 0.15) is 12.5 Å². The van der Waals surface area contributed by atoms with Gasteiger partial charge in [-0.1, -0.05) is 37.3 Å². The second-order valence-corrected chi connectivity index (χ2v) is 10.0. The van der Waals surface area contributed by atoms with Gasteiger partial charge in [0.1, 0.15) is 10.6 Å². The van der Waals surface area contributed by atoms with Crippen LogP contribution in [0.4, 0.5) is 5.69 Å². The summed E-state index contributed by atoms with van der Waals surface area (Å²) in [6.07, 6.45) is 0. The summed E-state index contributed by atoms with van der Waals surface area (Å²) in [5.74, 6) is -1.55. The first-order valence-corrected chi connectivity index (χ1v) is 11.5. The Morgan fingerprint density at radius 1 is 1.18 bits per heavy atom. The van der Waals surface area contributed by atoms with Gasteiger partial charge in [-0.25, -0.2) is 25.9 Å². The van der Waals surface area contributed by atoms with Crippen molar-refractivity contribution in [2.45, 2.75) is 18.4 Å². The zero-order valence-electron chi connectivity index (χ0n) is 15.3. The van der Waals surface area contributed by atoms with Crippen LogP contribution in [0.25, 0.3) is 0 Å². The summed E-state index contributed by atoms with van der Waals surface area (Å²) in [6, 6.07) is 12.8. The van der Waals surface area contributed by atoms with E-state index < -0.39 is 31.9 Å². The van der Waals surface area contributed by atoms with E-state index in [1.54, 1.807) is 24.3 Å². The minimum absolute atomic E-state index is 0.0322. The number of anilines is 1. The molecule has 1 aliphatic heterocycles. The van der Waals surface area contributed by atoms with Crippen LogP contribution in [0.5, 0.6) is 5.75 Å². The number of carbonyl (C=O) groups excluding carboxylic acids is 1. The highest BCUT2D eigenvalue weighted by Gasteiger charge is 2.42. The van der Waals surface area contributed by atoms with Crippen molar-refractivity contribution in [3.63, 3.8) is 0 Å². The number of carbonyl (C=O) groups is 1. The Balaban J connectivity index is 1.98. The maximum atomic E-state index is 12.8. The van der Waals surface area contributed by atoms with Gasteiger partial charge in [-0.05, 0) is 23.8 Å². The lowest BCUT2D eigenvalue weighted by atomic mass is 10.2. The Hall–Kier alpha value is -2.43. The molecule has 0 aliphatic carbocycles. The Kier molecular flexibility index (Phi) is 5.46. The van der Waals surface area contributed by atoms with Gasteiger partial charge in [0.05, 0.1) is 24.5 Å². The number of ether oxygens (including phenoxy) is 1. The van der Waals surface area contributed by atoms with E-state index in [9.17, 15) is 21.6 Å². The number of hydrogen-bond acceptors (Lipinski definition) is 6. The lowest BCUT2D eigenvalue weighted by molar-refractivity contribution is -0.119. The van der Waals surface area contributed by atoms with Crippen molar-refractivity contribution < 1.29 is 26.4 Å². The van der Waals surface area contributed by atoms with Gasteiger partial charge >= 0.3 is 0 Å². The molecule has 0 saturated carbocycles. The van der Waals surface area contributed by atoms with E-state index in [1.807, 2.05) is 6.07 Å². The fraction of sp³-hybridized carbons (Fsp3) is 0.278. The van der Waals surface area contributed by atoms with Gasteiger partial charge in [-0.3, -0.25) is 4.79 Å². The fourth-order valence-electron chi connectivity index (χ4n) is 2.94. The van der Waals surface area contributed by atoms with Crippen molar-refractivity contribution in [3.05, 3.63) is 54.1 Å². The number of amides is 1. The van der Waals surface area contributed by atoms with Gasteiger partial charge in [0, 0.05) is 6.54 Å². The van der Waals surface area contributed by atoms with Crippen molar-refractivity contribution in [3.8, 4) is 5.75 Å². The Labute approximate surface area is 164 Å². The van der Waals surface area contributed by atoms with E-state index in [-0.39, 0.29) is 28.6 Å². The summed E-state index contributed by atoms with van der Waals surface area (Å²) in [5, 5.41) is 0. The molecule has 3 rings (SSSR count). The monoisotopic (exact) mass is 424 g/mol. The van der Waals surface area contributed by atoms with Crippen LogP contribution in [-0.2, 0) is 31.4 Å². The van der Waals surface area contributed by atoms with E-state index in [1.165, 1.54) is 26.2 Å². The molecule has 1 heterocycles. The average molecular weight is 425 g/mol. The van der Waals surface area contributed by atoms with Crippen molar-refractivity contribution >= 4 is 31.6 Å². The normalized spacial score (nSPS) is 19.0. The van der Waals surface area contributed by atoms with Crippen LogP contribution < -0.4 is 13.8 Å². The predicted molar refractivity (Wildman–Crippen MR) is 104 cm³/mol. The summed E-state index contributed by atoms with van der Waals surface area (Å²) in [4.78, 5) is 12.1. The number of benzene rings is 2. The maximum absolute atomic E-state index is 12.8. The fourth-order valence-corrected chi connectivity index (χ4v) is 5.96. The first-order chi connectivity index (χ1) is 13.2. The van der Waals surface area contributed by atoms with Crippen LogP contribution >= 0.6 is 0 Å². The zero-order valence-corrected chi connectivity index (χ0v) is 17.0. The van der Waals surface area contributed by atoms with E-state index in [2.05, 4.69) is 4.72 Å². The van der Waals surface area contributed by atoms with Crippen LogP contribution in [0.15, 0.2) is 53.4 Å². The number of nitrogens with zero attached hydrogens (tertiary/aromatic N) is 1. The summed E-state index contributed by atoms with van der Waals surface area (Å²) < 4.78 is 58.5. The van der Waals surface area contributed by atoms with Crippen molar-refractivity contribution in [2.24, 2.45) is 5.92 Å². The molecule has 1 fully saturated rings. The maximum Gasteiger partial charge on any atom is 0.244 e. The molecule has 2 aromatic carbocycles. The van der Waals surface area contributed by atoms with Crippen LogP contribution in [0.3, 0.4) is 0 Å². The second kappa shape index (κ2) is 7.53. The van der Waals surface area contributed by atoms with Crippen LogP contribution in [0.2, 0.25) is 0 Å². The van der Waals surface area contributed by atoms with Crippen molar-refractivity contribution in [2.75, 3.05) is 17.2 Å². The molecular weight excluding hydrogens is 404 g/mol. The minimum Gasteiger partial charge on any atom is -0.495 e. The Morgan fingerprint density at radius 2 is 1.86 bits per heavy atom. The highest BCUT2D eigenvalue weighted by Crippen LogP contribution is 2.33. The second-order valence-electron chi connectivity index (χ2n) is 6.43. The molecule has 150 valence electrons. The van der Waals surface area contributed by atoms with Crippen LogP contribution in [0, 0.1) is 5.92 Å². The molecule has 1 N–H and O–H groups in total. The molecule has 1 saturated heterocycles. The summed E-state index contributed by atoms with van der Waals surface area (Å²) >= 11 is 0. The van der Waals surface area contributed by atoms with E-state index in [0.29, 0.717) is 4.31 Å². The number of methoxy groups -OCH3 is 1. The smallest absolute Gasteiger partial charge is 0.244 e. The third-order valence-electron chi connectivity index (χ3n) is 4.34. The van der Waals surface area contributed by atoms with E-state index in [0.717, 1.165) is 11.6 Å². The Morgan fingerprint density at radius 3 is 2.43 bits per heavy atom. The SMILES string of the molecule is COc1ccc(N2C(=O)C(C)CS2(=O)=O)cc1S(=O)(=O)NCc1ccccc1. The standard InChI is InChI=1S/C18H20N2O6S2/c1-13-12-27(22,23)20(18(13)21)15-8-9-16(26-2)17(10-15)28(24,25)19-11-14-6-4-3-5-7-14/h3-10,13,19H,11-12H2,1-2H3. The number of hydrogen-bond donors (Lipinski definition) is 1. The largest absolute Gasteiger partial charge is 0.495 e. The molecule has 1 amide bonds. The molecule has 10 heteroatoms. The average Bonchev–Trinajstić information content (AvgIpc) is 2.87. The highest BCUT2D eigenvalue weighted by atomic mass is 32.2. The lowest BCUT2D eigenvalue weighted by Crippen LogP contribution is -2.31. The van der Waals surface area contributed by atoms with Crippen molar-refractivity contribution in [1.29, 1.82) is 0 Å². The first kappa shape index (κ1) is 20.3. The number of sulfonamides is 2. The van der Waals surface area contributed by atoms with E-state index in [4.69, 9.17) is 4.74 Å². The Bertz CT molecular complexity index is 1100. The molecule has 28 heavy (non-hydrogen) atoms. The van der Waals surface area contributed by atoms with Gasteiger partial charge in [0.2, 0.25) is 26.0 Å². The first-order valence-electron chi connectivity index (χ1n) is 8.44. The lowest BCUT2D eigenvalue weighted by Gasteiger charge is -2.18. The molecule has 8 nitrogen and oxygen atoms in total. The molecule has 0 radical (unpaired) electrons. The van der Waals surface area contributed by atoms with Crippen molar-refractivity contribution in [1.82, 2.24) is 4.72 Å². The quantitative estimate of drug-likeness (QED) is 0.752. The number of rotatable bonds is 6. The topological polar surface area (TPSA) is 110 Å². The van der Waals surface area contributed by atoms with Gasteiger partial charge in [-0.2, -0.15) is 0 Å². The molecule has 1 unspecified atom stereocenters. The molecule has 1 atom stereocenters. The minimum atomic E-state index is -4.03. The zero-order chi connectivity index (χ0) is 20.5. The molecule has 2 aromatic rings. The summed E-state index contributed by atoms with van der Waals surface area (Å²) in [5.41, 5.74) is 0.725. The van der Waals surface area contributed by atoms with E-state index >= 15 is 0 Å². The number of nitrogens with one attached hydrogen (secondary N) is 1. The van der Waals surface area contributed by atoms with Gasteiger partial charge in [-0.15, -0.1) is 0 Å². The summed E-state index contributed by atoms with van der Waals surface area (Å²) in [6.45, 7) is 1.57. The predicted octanol–water partition coefficient (Wildman–Crippen LogP) is 1.49. The molecule has 0 bridgehead atoms. The summed E-state index contributed by atoms with van der Waals surface area (Å²) in [7, 11) is -6.57. The third kappa shape index (κ3) is 3.89. The molecule has 0 spiro atoms. The molecular formula is C18H20N2O6S2. The van der Waals surface area contributed by atoms with Crippen LogP contribution in [-0.4, -0.2) is 35.6 Å². The van der Waals surface area contributed by atoms with Gasteiger partial charge < -0.3 is 4.74 Å². The van der Waals surface area contributed by atoms with Gasteiger partial charge in [0.15, 0.2) is 0 Å². The highest BCUT2D eigenvalue weighted by molar-refractivity contribution is 7.94. The van der Waals surface area contributed by atoms with Gasteiger partial charge in [0.25, 0.3) is 0 Å². The molecule has 1 aliphatic rings. The molecule has 0 aromatic heterocycles.